The van der Waals surface area contributed by atoms with Crippen LogP contribution in [0.2, 0.25) is 5.02 Å². The van der Waals surface area contributed by atoms with Gasteiger partial charge in [0.05, 0.1) is 29.8 Å². The van der Waals surface area contributed by atoms with Crippen molar-refractivity contribution in [2.45, 2.75) is 5.16 Å². The zero-order valence-electron chi connectivity index (χ0n) is 14.5. The number of carbonyl (C=O) groups is 2. The van der Waals surface area contributed by atoms with Gasteiger partial charge in [-0.05, 0) is 52.9 Å². The van der Waals surface area contributed by atoms with Crippen molar-refractivity contribution in [1.82, 2.24) is 20.2 Å². The van der Waals surface area contributed by atoms with E-state index in [1.165, 1.54) is 23.9 Å². The van der Waals surface area contributed by atoms with Gasteiger partial charge in [0.25, 0.3) is 0 Å². The number of aromatic nitrogens is 4. The first-order valence-electron chi connectivity index (χ1n) is 7.86. The second-order valence-corrected chi connectivity index (χ2v) is 6.79. The van der Waals surface area contributed by atoms with Gasteiger partial charge in [-0.25, -0.2) is 4.79 Å². The Balaban J connectivity index is 1.67. The smallest absolute Gasteiger partial charge is 0.335 e. The summed E-state index contributed by atoms with van der Waals surface area (Å²) in [6, 6.07) is 11.0. The minimum Gasteiger partial charge on any atom is -0.495 e. The van der Waals surface area contributed by atoms with E-state index in [2.05, 4.69) is 20.8 Å². The summed E-state index contributed by atoms with van der Waals surface area (Å²) in [7, 11) is 1.50. The lowest BCUT2D eigenvalue weighted by Gasteiger charge is -2.10. The highest BCUT2D eigenvalue weighted by Gasteiger charge is 2.14. The van der Waals surface area contributed by atoms with E-state index < -0.39 is 5.97 Å². The van der Waals surface area contributed by atoms with Crippen LogP contribution in [0.15, 0.2) is 47.6 Å². The molecule has 0 bridgehead atoms. The number of aromatic carboxylic acids is 1. The van der Waals surface area contributed by atoms with Crippen LogP contribution in [0.4, 0.5) is 5.69 Å². The molecule has 3 rings (SSSR count). The number of carbonyl (C=O) groups excluding carboxylic acids is 1. The second-order valence-electron chi connectivity index (χ2n) is 5.41. The van der Waals surface area contributed by atoms with Crippen LogP contribution in [0, 0.1) is 0 Å². The summed E-state index contributed by atoms with van der Waals surface area (Å²) < 4.78 is 6.62. The number of anilines is 1. The van der Waals surface area contributed by atoms with Gasteiger partial charge in [-0.3, -0.25) is 4.79 Å². The highest BCUT2D eigenvalue weighted by Crippen LogP contribution is 2.28. The number of methoxy groups -OCH3 is 1. The molecule has 2 aromatic carbocycles. The van der Waals surface area contributed by atoms with Crippen molar-refractivity contribution >= 4 is 40.9 Å². The molecule has 1 aromatic heterocycles. The van der Waals surface area contributed by atoms with E-state index >= 15 is 0 Å². The summed E-state index contributed by atoms with van der Waals surface area (Å²) in [5, 5.41) is 23.9. The summed E-state index contributed by atoms with van der Waals surface area (Å²) in [6.45, 7) is 0. The Kier molecular flexibility index (Phi) is 6.12. The quantitative estimate of drug-likeness (QED) is 0.561. The Hall–Kier alpha value is -3.11. The normalized spacial score (nSPS) is 10.5. The Morgan fingerprint density at radius 1 is 1.25 bits per heavy atom. The zero-order valence-corrected chi connectivity index (χ0v) is 16.1. The molecule has 1 amide bonds. The van der Waals surface area contributed by atoms with Gasteiger partial charge in [0.1, 0.15) is 5.75 Å². The summed E-state index contributed by atoms with van der Waals surface area (Å²) in [4.78, 5) is 23.2. The van der Waals surface area contributed by atoms with Gasteiger partial charge in [-0.15, -0.1) is 5.10 Å². The average Bonchev–Trinajstić information content (AvgIpc) is 3.15. The number of halogens is 1. The second kappa shape index (κ2) is 8.72. The predicted molar refractivity (Wildman–Crippen MR) is 103 cm³/mol. The molecule has 28 heavy (non-hydrogen) atoms. The summed E-state index contributed by atoms with van der Waals surface area (Å²) in [6.07, 6.45) is 0. The van der Waals surface area contributed by atoms with E-state index in [4.69, 9.17) is 21.4 Å². The monoisotopic (exact) mass is 419 g/mol. The molecular formula is C17H14ClN5O4S. The van der Waals surface area contributed by atoms with Crippen LogP contribution in [0.3, 0.4) is 0 Å². The van der Waals surface area contributed by atoms with Crippen LogP contribution in [0.5, 0.6) is 5.75 Å². The Morgan fingerprint density at radius 3 is 2.68 bits per heavy atom. The molecule has 11 heteroatoms. The van der Waals surface area contributed by atoms with E-state index in [0.29, 0.717) is 27.3 Å². The first kappa shape index (κ1) is 19.6. The maximum Gasteiger partial charge on any atom is 0.335 e. The van der Waals surface area contributed by atoms with Crippen molar-refractivity contribution in [1.29, 1.82) is 0 Å². The minimum atomic E-state index is -1.02. The number of rotatable bonds is 7. The first-order valence-corrected chi connectivity index (χ1v) is 9.22. The van der Waals surface area contributed by atoms with Gasteiger partial charge in [-0.2, -0.15) is 4.68 Å². The van der Waals surface area contributed by atoms with Gasteiger partial charge < -0.3 is 15.2 Å². The van der Waals surface area contributed by atoms with E-state index in [9.17, 15) is 9.59 Å². The zero-order chi connectivity index (χ0) is 20.1. The number of hydrogen-bond donors (Lipinski definition) is 2. The molecular weight excluding hydrogens is 406 g/mol. The fourth-order valence-electron chi connectivity index (χ4n) is 2.27. The van der Waals surface area contributed by atoms with Gasteiger partial charge >= 0.3 is 5.97 Å². The third kappa shape index (κ3) is 4.59. The van der Waals surface area contributed by atoms with Crippen molar-refractivity contribution < 1.29 is 19.4 Å². The minimum absolute atomic E-state index is 0.0449. The Bertz CT molecular complexity index is 1010. The molecule has 0 atom stereocenters. The number of tetrazole rings is 1. The predicted octanol–water partition coefficient (Wildman–Crippen LogP) is 2.75. The van der Waals surface area contributed by atoms with Gasteiger partial charge in [0.2, 0.25) is 11.1 Å². The largest absolute Gasteiger partial charge is 0.495 e. The number of ether oxygens (including phenoxy) is 1. The van der Waals surface area contributed by atoms with Crippen LogP contribution >= 0.6 is 23.4 Å². The number of hydrogen-bond acceptors (Lipinski definition) is 7. The maximum atomic E-state index is 12.3. The van der Waals surface area contributed by atoms with Crippen molar-refractivity contribution in [3.05, 3.63) is 53.1 Å². The van der Waals surface area contributed by atoms with Gasteiger partial charge in [-0.1, -0.05) is 23.4 Å². The highest BCUT2D eigenvalue weighted by molar-refractivity contribution is 7.99. The summed E-state index contributed by atoms with van der Waals surface area (Å²) >= 11 is 7.08. The molecule has 0 aliphatic carbocycles. The molecule has 0 fully saturated rings. The van der Waals surface area contributed by atoms with Crippen LogP contribution in [0.1, 0.15) is 10.4 Å². The average molecular weight is 420 g/mol. The number of nitrogens with zero attached hydrogens (tertiary/aromatic N) is 4. The SMILES string of the molecule is COc1ccc(Cl)cc1NC(=O)CSc1nnnn1-c1ccc(C(=O)O)cc1. The lowest BCUT2D eigenvalue weighted by atomic mass is 10.2. The van der Waals surface area contributed by atoms with E-state index in [-0.39, 0.29) is 17.2 Å². The maximum absolute atomic E-state index is 12.3. The molecule has 0 unspecified atom stereocenters. The number of carboxylic acids is 1. The summed E-state index contributed by atoms with van der Waals surface area (Å²) in [5.41, 5.74) is 1.19. The van der Waals surface area contributed by atoms with Crippen molar-refractivity contribution in [3.63, 3.8) is 0 Å². The summed E-state index contributed by atoms with van der Waals surface area (Å²) in [5.74, 6) is -0.776. The number of nitrogens with one attached hydrogen (secondary N) is 1. The third-order valence-electron chi connectivity index (χ3n) is 3.57. The third-order valence-corrected chi connectivity index (χ3v) is 4.72. The van der Waals surface area contributed by atoms with Crippen molar-refractivity contribution in [3.8, 4) is 11.4 Å². The number of thioether (sulfide) groups is 1. The molecule has 0 saturated heterocycles. The number of carboxylic acid groups (broad SMARTS) is 1. The molecule has 9 nitrogen and oxygen atoms in total. The van der Waals surface area contributed by atoms with Crippen molar-refractivity contribution in [2.24, 2.45) is 0 Å². The number of amides is 1. The van der Waals surface area contributed by atoms with Crippen LogP contribution < -0.4 is 10.1 Å². The van der Waals surface area contributed by atoms with Crippen LogP contribution in [0.25, 0.3) is 5.69 Å². The molecule has 0 spiro atoms. The van der Waals surface area contributed by atoms with Crippen LogP contribution in [-0.2, 0) is 4.79 Å². The molecule has 3 aromatic rings. The topological polar surface area (TPSA) is 119 Å². The van der Waals surface area contributed by atoms with Gasteiger partial charge in [0, 0.05) is 5.02 Å². The standard InChI is InChI=1S/C17H14ClN5O4S/c1-27-14-7-4-11(18)8-13(14)19-15(24)9-28-17-20-21-22-23(17)12-5-2-10(3-6-12)16(25)26/h2-8H,9H2,1H3,(H,19,24)(H,25,26). The highest BCUT2D eigenvalue weighted by atomic mass is 35.5. The molecule has 0 aliphatic heterocycles. The molecule has 1 heterocycles. The lowest BCUT2D eigenvalue weighted by Crippen LogP contribution is -2.15. The lowest BCUT2D eigenvalue weighted by molar-refractivity contribution is -0.113. The fourth-order valence-corrected chi connectivity index (χ4v) is 3.13. The van der Waals surface area contributed by atoms with Crippen LogP contribution in [-0.4, -0.2) is 50.1 Å². The fraction of sp³-hybridized carbons (Fsp3) is 0.118. The van der Waals surface area contributed by atoms with E-state index in [1.807, 2.05) is 0 Å². The molecule has 0 aliphatic rings. The molecule has 0 radical (unpaired) electrons. The molecule has 0 saturated carbocycles. The van der Waals surface area contributed by atoms with E-state index in [1.54, 1.807) is 30.3 Å². The Labute approximate surface area is 168 Å². The van der Waals surface area contributed by atoms with Gasteiger partial charge in [0.15, 0.2) is 0 Å². The first-order chi connectivity index (χ1) is 13.5. The molecule has 144 valence electrons. The van der Waals surface area contributed by atoms with E-state index in [0.717, 1.165) is 11.8 Å². The Morgan fingerprint density at radius 2 is 2.00 bits per heavy atom. The van der Waals surface area contributed by atoms with Crippen molar-refractivity contribution in [2.75, 3.05) is 18.2 Å². The number of benzene rings is 2. The molecule has 2 N–H and O–H groups in total.